The van der Waals surface area contributed by atoms with E-state index in [1.54, 1.807) is 18.7 Å². The summed E-state index contributed by atoms with van der Waals surface area (Å²) < 4.78 is 11.4. The van der Waals surface area contributed by atoms with E-state index in [9.17, 15) is 19.8 Å². The number of aliphatic hydroxyl groups is 2. The van der Waals surface area contributed by atoms with E-state index in [-0.39, 0.29) is 18.0 Å². The van der Waals surface area contributed by atoms with Gasteiger partial charge >= 0.3 is 11.8 Å². The topological polar surface area (TPSA) is 123 Å². The number of anilines is 1. The first-order valence-corrected chi connectivity index (χ1v) is 9.32. The average molecular weight is 383 g/mol. The smallest absolute Gasteiger partial charge is 0.412 e. The van der Waals surface area contributed by atoms with Crippen LogP contribution in [0.2, 0.25) is 0 Å². The minimum Gasteiger partial charge on any atom is -0.449 e. The second-order valence-corrected chi connectivity index (χ2v) is 6.64. The van der Waals surface area contributed by atoms with Crippen LogP contribution in [0.3, 0.4) is 0 Å². The second kappa shape index (κ2) is 9.05. The van der Waals surface area contributed by atoms with Crippen molar-refractivity contribution in [3.63, 3.8) is 0 Å². The van der Waals surface area contributed by atoms with Crippen LogP contribution in [0.1, 0.15) is 25.1 Å². The van der Waals surface area contributed by atoms with Crippen molar-refractivity contribution in [1.29, 1.82) is 0 Å². The molecule has 0 bridgehead atoms. The molecule has 1 amide bonds. The minimum atomic E-state index is -1.31. The number of aliphatic hydroxyl groups excluding tert-OH is 2. The molecule has 0 radical (unpaired) electrons. The Labute approximate surface area is 154 Å². The number of hydrogen-bond acceptors (Lipinski definition) is 8. The van der Waals surface area contributed by atoms with Gasteiger partial charge in [0.1, 0.15) is 12.2 Å². The van der Waals surface area contributed by atoms with Gasteiger partial charge in [0, 0.05) is 6.20 Å². The van der Waals surface area contributed by atoms with Crippen LogP contribution in [0.5, 0.6) is 0 Å². The fourth-order valence-electron chi connectivity index (χ4n) is 2.41. The molecule has 1 aliphatic heterocycles. The number of aromatic nitrogens is 2. The van der Waals surface area contributed by atoms with Crippen LogP contribution in [0, 0.1) is 12.3 Å². The Morgan fingerprint density at radius 3 is 2.85 bits per heavy atom. The zero-order valence-corrected chi connectivity index (χ0v) is 15.2. The second-order valence-electron chi connectivity index (χ2n) is 5.66. The van der Waals surface area contributed by atoms with Crippen LogP contribution in [0.25, 0.3) is 0 Å². The lowest BCUT2D eigenvalue weighted by molar-refractivity contribution is -0.0350. The zero-order valence-electron chi connectivity index (χ0n) is 14.4. The largest absolute Gasteiger partial charge is 0.449 e. The number of rotatable bonds is 6. The van der Waals surface area contributed by atoms with Crippen molar-refractivity contribution in [3.8, 4) is 12.3 Å². The van der Waals surface area contributed by atoms with Crippen LogP contribution in [0.4, 0.5) is 10.6 Å². The van der Waals surface area contributed by atoms with E-state index in [4.69, 9.17) is 15.9 Å². The SMILES string of the molecule is C#Cc1cn([C@@H]2O[C@H](C)[C@@H](O)[C@H]2O)c(=O)nc1NC(=O)OCCCSC. The predicted molar refractivity (Wildman–Crippen MR) is 96.0 cm³/mol. The molecule has 9 nitrogen and oxygen atoms in total. The maximum Gasteiger partial charge on any atom is 0.412 e. The van der Waals surface area contributed by atoms with E-state index in [1.807, 2.05) is 6.26 Å². The minimum absolute atomic E-state index is 0.107. The number of amides is 1. The fraction of sp³-hybridized carbons (Fsp3) is 0.562. The molecule has 142 valence electrons. The number of ether oxygens (including phenoxy) is 2. The quantitative estimate of drug-likeness (QED) is 0.469. The van der Waals surface area contributed by atoms with E-state index >= 15 is 0 Å². The van der Waals surface area contributed by atoms with Crippen molar-refractivity contribution in [3.05, 3.63) is 22.2 Å². The molecule has 0 unspecified atom stereocenters. The summed E-state index contributed by atoms with van der Waals surface area (Å²) in [5, 5.41) is 22.1. The third-order valence-corrected chi connectivity index (χ3v) is 4.50. The standard InChI is InChI=1S/C16H21N3O6S/c1-4-10-8-19(14-12(21)11(20)9(2)25-14)15(22)17-13(10)18-16(23)24-6-5-7-26-3/h1,8-9,11-12,14,20-21H,5-7H2,2-3H3,(H,17,18,22,23)/t9-,11-,12-,14-/m1/s1. The van der Waals surface area contributed by atoms with Gasteiger partial charge in [-0.05, 0) is 25.4 Å². The van der Waals surface area contributed by atoms with Gasteiger partial charge in [0.15, 0.2) is 12.0 Å². The summed E-state index contributed by atoms with van der Waals surface area (Å²) in [5.41, 5.74) is -0.692. The molecular weight excluding hydrogens is 362 g/mol. The van der Waals surface area contributed by atoms with E-state index in [2.05, 4.69) is 16.2 Å². The highest BCUT2D eigenvalue weighted by atomic mass is 32.2. The number of thioether (sulfide) groups is 1. The van der Waals surface area contributed by atoms with Crippen LogP contribution < -0.4 is 11.0 Å². The van der Waals surface area contributed by atoms with Crippen LogP contribution in [-0.4, -0.2) is 62.8 Å². The first-order chi connectivity index (χ1) is 12.4. The van der Waals surface area contributed by atoms with Crippen molar-refractivity contribution < 1.29 is 24.5 Å². The van der Waals surface area contributed by atoms with Crippen molar-refractivity contribution in [1.82, 2.24) is 9.55 Å². The van der Waals surface area contributed by atoms with Gasteiger partial charge in [0.05, 0.1) is 18.3 Å². The third-order valence-electron chi connectivity index (χ3n) is 3.80. The lowest BCUT2D eigenvalue weighted by atomic mass is 10.1. The fourth-order valence-corrected chi connectivity index (χ4v) is 2.82. The third kappa shape index (κ3) is 4.56. The molecule has 0 aliphatic carbocycles. The average Bonchev–Trinajstić information content (AvgIpc) is 2.86. The Morgan fingerprint density at radius 1 is 1.54 bits per heavy atom. The summed E-state index contributed by atoms with van der Waals surface area (Å²) in [6.07, 6.45) is 4.29. The molecule has 2 rings (SSSR count). The van der Waals surface area contributed by atoms with Crippen LogP contribution >= 0.6 is 11.8 Å². The highest BCUT2D eigenvalue weighted by molar-refractivity contribution is 7.98. The number of carbonyl (C=O) groups is 1. The molecule has 26 heavy (non-hydrogen) atoms. The Balaban J connectivity index is 2.16. The first kappa shape index (κ1) is 20.3. The molecule has 1 fully saturated rings. The number of terminal acetylenes is 1. The van der Waals surface area contributed by atoms with E-state index in [0.29, 0.717) is 6.42 Å². The monoisotopic (exact) mass is 383 g/mol. The summed E-state index contributed by atoms with van der Waals surface area (Å²) in [6.45, 7) is 1.80. The number of carbonyl (C=O) groups excluding carboxylic acids is 1. The molecule has 1 aromatic rings. The van der Waals surface area contributed by atoms with E-state index < -0.39 is 36.3 Å². The lowest BCUT2D eigenvalue weighted by Gasteiger charge is -2.18. The molecule has 0 spiro atoms. The molecule has 3 N–H and O–H groups in total. The van der Waals surface area contributed by atoms with Crippen molar-refractivity contribution in [2.45, 2.75) is 37.9 Å². The number of hydrogen-bond donors (Lipinski definition) is 3. The Kier molecular flexibility index (Phi) is 7.05. The summed E-state index contributed by atoms with van der Waals surface area (Å²) in [6, 6.07) is 0. The van der Waals surface area contributed by atoms with Gasteiger partial charge in [-0.2, -0.15) is 16.7 Å². The molecular formula is C16H21N3O6S. The maximum absolute atomic E-state index is 12.3. The van der Waals surface area contributed by atoms with Gasteiger partial charge < -0.3 is 19.7 Å². The molecule has 1 aromatic heterocycles. The molecule has 1 aliphatic rings. The molecule has 2 heterocycles. The van der Waals surface area contributed by atoms with Gasteiger partial charge in [0.25, 0.3) is 0 Å². The van der Waals surface area contributed by atoms with E-state index in [1.165, 1.54) is 6.20 Å². The van der Waals surface area contributed by atoms with Crippen molar-refractivity contribution >= 4 is 23.7 Å². The molecule has 1 saturated heterocycles. The molecule has 0 saturated carbocycles. The summed E-state index contributed by atoms with van der Waals surface area (Å²) in [7, 11) is 0. The van der Waals surface area contributed by atoms with Gasteiger partial charge in [-0.3, -0.25) is 9.88 Å². The maximum atomic E-state index is 12.3. The van der Waals surface area contributed by atoms with Gasteiger partial charge in [-0.1, -0.05) is 5.92 Å². The normalized spacial score (nSPS) is 24.9. The summed E-state index contributed by atoms with van der Waals surface area (Å²) in [5.74, 6) is 3.04. The molecule has 4 atom stereocenters. The predicted octanol–water partition coefficient (Wildman–Crippen LogP) is 0.165. The van der Waals surface area contributed by atoms with E-state index in [0.717, 1.165) is 10.3 Å². The van der Waals surface area contributed by atoms with Gasteiger partial charge in [-0.15, -0.1) is 6.42 Å². The number of nitrogens with zero attached hydrogens (tertiary/aromatic N) is 2. The van der Waals surface area contributed by atoms with Gasteiger partial charge in [0.2, 0.25) is 0 Å². The van der Waals surface area contributed by atoms with Crippen LogP contribution in [-0.2, 0) is 9.47 Å². The lowest BCUT2D eigenvalue weighted by Crippen LogP contribution is -2.36. The van der Waals surface area contributed by atoms with Gasteiger partial charge in [-0.25, -0.2) is 9.59 Å². The molecule has 0 aromatic carbocycles. The van der Waals surface area contributed by atoms with Crippen LogP contribution in [0.15, 0.2) is 11.0 Å². The summed E-state index contributed by atoms with van der Waals surface area (Å²) >= 11 is 1.63. The molecule has 10 heteroatoms. The Morgan fingerprint density at radius 2 is 2.27 bits per heavy atom. The van der Waals surface area contributed by atoms with Crippen molar-refractivity contribution in [2.75, 3.05) is 23.9 Å². The highest BCUT2D eigenvalue weighted by Gasteiger charge is 2.42. The Bertz CT molecular complexity index is 746. The summed E-state index contributed by atoms with van der Waals surface area (Å²) in [4.78, 5) is 27.8. The first-order valence-electron chi connectivity index (χ1n) is 7.93. The Hall–Kier alpha value is -2.06. The van der Waals surface area contributed by atoms with Crippen molar-refractivity contribution in [2.24, 2.45) is 0 Å². The number of nitrogens with one attached hydrogen (secondary N) is 1. The highest BCUT2D eigenvalue weighted by Crippen LogP contribution is 2.28. The zero-order chi connectivity index (χ0) is 19.3.